The van der Waals surface area contributed by atoms with Crippen molar-refractivity contribution in [1.29, 1.82) is 0 Å². The lowest BCUT2D eigenvalue weighted by Crippen LogP contribution is -2.08. The summed E-state index contributed by atoms with van der Waals surface area (Å²) in [6.45, 7) is 0.516. The van der Waals surface area contributed by atoms with E-state index in [9.17, 15) is 9.90 Å². The third-order valence-electron chi connectivity index (χ3n) is 3.99. The number of rotatable bonds is 8. The Morgan fingerprint density at radius 3 is 2.54 bits per heavy atom. The Morgan fingerprint density at radius 2 is 1.88 bits per heavy atom. The molecular weight excluding hydrogens is 348 g/mol. The molecule has 26 heavy (non-hydrogen) atoms. The van der Waals surface area contributed by atoms with Crippen LogP contribution in [0.5, 0.6) is 5.75 Å². The highest BCUT2D eigenvalue weighted by atomic mass is 32.2. The van der Waals surface area contributed by atoms with Crippen molar-refractivity contribution in [1.82, 2.24) is 9.55 Å². The van der Waals surface area contributed by atoms with E-state index in [0.717, 1.165) is 22.2 Å². The maximum atomic E-state index is 12.4. The van der Waals surface area contributed by atoms with Crippen LogP contribution in [0.2, 0.25) is 0 Å². The fourth-order valence-corrected chi connectivity index (χ4v) is 3.45. The van der Waals surface area contributed by atoms with Crippen molar-refractivity contribution in [2.75, 3.05) is 12.9 Å². The highest BCUT2D eigenvalue weighted by Gasteiger charge is 2.13. The molecule has 0 fully saturated rings. The number of hydrogen-bond acceptors (Lipinski definition) is 5. The number of hydrogen-bond donors (Lipinski definition) is 1. The topological polar surface area (TPSA) is 64.3 Å². The molecule has 0 spiro atoms. The number of benzene rings is 2. The summed E-state index contributed by atoms with van der Waals surface area (Å²) >= 11 is 1.38. The summed E-state index contributed by atoms with van der Waals surface area (Å²) in [4.78, 5) is 16.8. The molecule has 0 aliphatic carbocycles. The second-order valence-corrected chi connectivity index (χ2v) is 6.64. The maximum absolute atomic E-state index is 12.4. The summed E-state index contributed by atoms with van der Waals surface area (Å²) in [5.74, 6) is 1.03. The molecule has 5 nitrogen and oxygen atoms in total. The average Bonchev–Trinajstić information content (AvgIpc) is 3.08. The fraction of sp³-hybridized carbons (Fsp3) is 0.200. The number of aliphatic hydroxyl groups is 1. The zero-order valence-corrected chi connectivity index (χ0v) is 15.3. The fourth-order valence-electron chi connectivity index (χ4n) is 2.56. The van der Waals surface area contributed by atoms with Crippen LogP contribution in [0.1, 0.15) is 21.6 Å². The second kappa shape index (κ2) is 8.69. The molecule has 0 radical (unpaired) electrons. The number of aliphatic hydroxyl groups excluding tert-OH is 1. The third kappa shape index (κ3) is 4.33. The first kappa shape index (κ1) is 18.2. The first-order valence-electron chi connectivity index (χ1n) is 8.20. The van der Waals surface area contributed by atoms with Crippen molar-refractivity contribution in [3.05, 3.63) is 77.6 Å². The lowest BCUT2D eigenvalue weighted by Gasteiger charge is -2.10. The van der Waals surface area contributed by atoms with Crippen LogP contribution in [0.15, 0.2) is 66.0 Å². The predicted octanol–water partition coefficient (Wildman–Crippen LogP) is 3.41. The highest BCUT2D eigenvalue weighted by Crippen LogP contribution is 2.22. The van der Waals surface area contributed by atoms with Crippen LogP contribution in [0.4, 0.5) is 0 Å². The Bertz CT molecular complexity index is 861. The SMILES string of the molecule is COc1ccc(C(=O)CSc2ncc(CO)n2Cc2ccccc2)cc1. The minimum atomic E-state index is -0.0905. The van der Waals surface area contributed by atoms with Gasteiger partial charge < -0.3 is 14.4 Å². The third-order valence-corrected chi connectivity index (χ3v) is 4.98. The van der Waals surface area contributed by atoms with Crippen molar-refractivity contribution in [2.45, 2.75) is 18.3 Å². The van der Waals surface area contributed by atoms with Gasteiger partial charge in [-0.3, -0.25) is 4.79 Å². The largest absolute Gasteiger partial charge is 0.497 e. The number of carbonyl (C=O) groups is 1. The smallest absolute Gasteiger partial charge is 0.173 e. The molecule has 0 aliphatic rings. The molecule has 0 bridgehead atoms. The quantitative estimate of drug-likeness (QED) is 0.488. The van der Waals surface area contributed by atoms with Gasteiger partial charge in [0.1, 0.15) is 5.75 Å². The number of nitrogens with zero attached hydrogens (tertiary/aromatic N) is 2. The maximum Gasteiger partial charge on any atom is 0.173 e. The molecule has 0 saturated carbocycles. The van der Waals surface area contributed by atoms with Gasteiger partial charge in [0.15, 0.2) is 10.9 Å². The first-order chi connectivity index (χ1) is 12.7. The summed E-state index contributed by atoms with van der Waals surface area (Å²) in [7, 11) is 1.60. The summed E-state index contributed by atoms with van der Waals surface area (Å²) < 4.78 is 7.06. The van der Waals surface area contributed by atoms with Gasteiger partial charge in [-0.15, -0.1) is 0 Å². The molecule has 0 saturated heterocycles. The molecule has 0 aliphatic heterocycles. The van der Waals surface area contributed by atoms with Crippen LogP contribution in [-0.2, 0) is 13.2 Å². The number of ketones is 1. The molecule has 134 valence electrons. The second-order valence-electron chi connectivity index (χ2n) is 5.70. The van der Waals surface area contributed by atoms with Gasteiger partial charge in [0.2, 0.25) is 0 Å². The van der Waals surface area contributed by atoms with E-state index in [-0.39, 0.29) is 18.1 Å². The minimum Gasteiger partial charge on any atom is -0.497 e. The monoisotopic (exact) mass is 368 g/mol. The van der Waals surface area contributed by atoms with E-state index in [0.29, 0.717) is 12.1 Å². The van der Waals surface area contributed by atoms with E-state index in [2.05, 4.69) is 4.98 Å². The molecule has 0 atom stereocenters. The standard InChI is InChI=1S/C20H20N2O3S/c1-25-18-9-7-16(8-10-18)19(24)14-26-20-21-11-17(13-23)22(20)12-15-5-3-2-4-6-15/h2-11,23H,12-14H2,1H3. The minimum absolute atomic E-state index is 0.0254. The van der Waals surface area contributed by atoms with E-state index in [1.54, 1.807) is 37.6 Å². The van der Waals surface area contributed by atoms with E-state index in [4.69, 9.17) is 4.74 Å². The van der Waals surface area contributed by atoms with Crippen LogP contribution in [-0.4, -0.2) is 33.3 Å². The Hall–Kier alpha value is -2.57. The molecular formula is C20H20N2O3S. The highest BCUT2D eigenvalue weighted by molar-refractivity contribution is 7.99. The summed E-state index contributed by atoms with van der Waals surface area (Å²) in [5.41, 5.74) is 2.48. The van der Waals surface area contributed by atoms with Gasteiger partial charge in [-0.05, 0) is 29.8 Å². The van der Waals surface area contributed by atoms with Gasteiger partial charge in [0.25, 0.3) is 0 Å². The number of carbonyl (C=O) groups excluding carboxylic acids is 1. The lowest BCUT2D eigenvalue weighted by atomic mass is 10.1. The molecule has 2 aromatic carbocycles. The summed E-state index contributed by atoms with van der Waals surface area (Å²) in [6, 6.07) is 17.0. The Morgan fingerprint density at radius 1 is 1.15 bits per heavy atom. The molecule has 0 unspecified atom stereocenters. The van der Waals surface area contributed by atoms with Crippen molar-refractivity contribution in [3.8, 4) is 5.75 Å². The molecule has 0 amide bonds. The van der Waals surface area contributed by atoms with Gasteiger partial charge in [-0.25, -0.2) is 4.98 Å². The van der Waals surface area contributed by atoms with Gasteiger partial charge in [-0.2, -0.15) is 0 Å². The number of ether oxygens (including phenoxy) is 1. The van der Waals surface area contributed by atoms with Crippen molar-refractivity contribution < 1.29 is 14.6 Å². The Labute approximate surface area is 156 Å². The van der Waals surface area contributed by atoms with Gasteiger partial charge in [-0.1, -0.05) is 42.1 Å². The van der Waals surface area contributed by atoms with Crippen molar-refractivity contribution >= 4 is 17.5 Å². The van der Waals surface area contributed by atoms with E-state index in [1.165, 1.54) is 11.8 Å². The van der Waals surface area contributed by atoms with Gasteiger partial charge in [0, 0.05) is 12.1 Å². The van der Waals surface area contributed by atoms with E-state index < -0.39 is 0 Å². The molecule has 3 aromatic rings. The number of thioether (sulfide) groups is 1. The number of Topliss-reactive ketones (excluding diaryl/α,β-unsaturated/α-hetero) is 1. The van der Waals surface area contributed by atoms with Crippen LogP contribution in [0.25, 0.3) is 0 Å². The predicted molar refractivity (Wildman–Crippen MR) is 102 cm³/mol. The molecule has 1 N–H and O–H groups in total. The van der Waals surface area contributed by atoms with E-state index in [1.807, 2.05) is 34.9 Å². The van der Waals surface area contributed by atoms with Gasteiger partial charge >= 0.3 is 0 Å². The van der Waals surface area contributed by atoms with Crippen LogP contribution < -0.4 is 4.74 Å². The molecule has 6 heteroatoms. The number of imidazole rings is 1. The van der Waals surface area contributed by atoms with Gasteiger partial charge in [0.05, 0.1) is 31.4 Å². The average molecular weight is 368 g/mol. The van der Waals surface area contributed by atoms with Crippen molar-refractivity contribution in [2.24, 2.45) is 0 Å². The zero-order chi connectivity index (χ0) is 18.4. The molecule has 1 heterocycles. The first-order valence-corrected chi connectivity index (χ1v) is 9.19. The summed E-state index contributed by atoms with van der Waals surface area (Å²) in [6.07, 6.45) is 1.66. The van der Waals surface area contributed by atoms with Crippen LogP contribution >= 0.6 is 11.8 Å². The van der Waals surface area contributed by atoms with Crippen LogP contribution in [0.3, 0.4) is 0 Å². The van der Waals surface area contributed by atoms with Crippen molar-refractivity contribution in [3.63, 3.8) is 0 Å². The lowest BCUT2D eigenvalue weighted by molar-refractivity contribution is 0.102. The Kier molecular flexibility index (Phi) is 6.09. The zero-order valence-electron chi connectivity index (χ0n) is 14.5. The summed E-state index contributed by atoms with van der Waals surface area (Å²) in [5, 5.41) is 10.3. The Balaban J connectivity index is 1.71. The normalized spacial score (nSPS) is 10.7. The van der Waals surface area contributed by atoms with Crippen LogP contribution in [0, 0.1) is 0 Å². The number of methoxy groups -OCH3 is 1. The number of aromatic nitrogens is 2. The van der Waals surface area contributed by atoms with E-state index >= 15 is 0 Å². The molecule has 1 aromatic heterocycles. The molecule has 3 rings (SSSR count).